The number of fused-ring (bicyclic) bond motifs is 5. The minimum absolute atomic E-state index is 0.166. The number of rotatable bonds is 21. The fourth-order valence-electron chi connectivity index (χ4n) is 11.1. The highest BCUT2D eigenvalue weighted by Gasteiger charge is 2.59. The summed E-state index contributed by atoms with van der Waals surface area (Å²) in [5, 5.41) is 0. The molecule has 4 aliphatic carbocycles. The van der Waals surface area contributed by atoms with Crippen LogP contribution in [0.3, 0.4) is 0 Å². The van der Waals surface area contributed by atoms with Crippen molar-refractivity contribution < 1.29 is 38.1 Å². The molecule has 8 atom stereocenters. The Morgan fingerprint density at radius 1 is 0.768 bits per heavy atom. The van der Waals surface area contributed by atoms with Crippen LogP contribution in [-0.4, -0.2) is 50.4 Å². The summed E-state index contributed by atoms with van der Waals surface area (Å²) in [6.07, 6.45) is 20.7. The fraction of sp³-hybridized carbons (Fsp3) is 0.688. The molecule has 0 N–H and O–H groups in total. The van der Waals surface area contributed by atoms with Crippen LogP contribution >= 0.6 is 0 Å². The molecule has 3 fully saturated rings. The van der Waals surface area contributed by atoms with E-state index in [0.717, 1.165) is 61.0 Å². The molecule has 8 heteroatoms. The van der Waals surface area contributed by atoms with Gasteiger partial charge >= 0.3 is 17.9 Å². The number of benzene rings is 1. The Balaban J connectivity index is 1.19. The summed E-state index contributed by atoms with van der Waals surface area (Å²) in [4.78, 5) is 36.4. The Bertz CT molecular complexity index is 1490. The summed E-state index contributed by atoms with van der Waals surface area (Å²) in [5.74, 6) is 4.52. The normalized spacial score (nSPS) is 28.5. The van der Waals surface area contributed by atoms with Crippen molar-refractivity contribution >= 4 is 17.9 Å². The highest BCUT2D eigenvalue weighted by molar-refractivity contribution is 5.90. The summed E-state index contributed by atoms with van der Waals surface area (Å²) >= 11 is 0. The van der Waals surface area contributed by atoms with E-state index in [4.69, 9.17) is 23.7 Å². The van der Waals surface area contributed by atoms with Crippen molar-refractivity contribution in [2.24, 2.45) is 46.3 Å². The zero-order valence-corrected chi connectivity index (χ0v) is 35.1. The standard InChI is InChI=1S/C48H70O8/c1-8-44(49)54-27-12-10-25-52-38-29-35(30-39(32-38)53-26-11-13-28-55-45(50)9-2)46(51)56-37-21-23-47(6)36(31-37)17-18-40-42-20-19-41(34(5)16-14-15-33(3)4)48(42,7)24-22-43(40)47/h8-9,17,29-30,32-34,37,40-43H,1-2,10-16,18-28,31H2,3-7H3/t34-,37?,40?,41-,42?,43?,47+,48-/m1/s1. The molecule has 0 bridgehead atoms. The molecule has 310 valence electrons. The van der Waals surface area contributed by atoms with E-state index in [1.807, 2.05) is 0 Å². The Morgan fingerprint density at radius 3 is 2.00 bits per heavy atom. The van der Waals surface area contributed by atoms with Gasteiger partial charge in [0.2, 0.25) is 0 Å². The van der Waals surface area contributed by atoms with Gasteiger partial charge in [0.1, 0.15) is 17.6 Å². The van der Waals surface area contributed by atoms with Gasteiger partial charge in [-0.3, -0.25) is 0 Å². The monoisotopic (exact) mass is 775 g/mol. The number of allylic oxidation sites excluding steroid dienone is 1. The topological polar surface area (TPSA) is 97.4 Å². The summed E-state index contributed by atoms with van der Waals surface area (Å²) in [6, 6.07) is 5.22. The van der Waals surface area contributed by atoms with E-state index in [-0.39, 0.29) is 30.7 Å². The molecule has 1 aromatic carbocycles. The maximum absolute atomic E-state index is 13.8. The Morgan fingerprint density at radius 2 is 1.39 bits per heavy atom. The molecular formula is C48H70O8. The second-order valence-electron chi connectivity index (χ2n) is 18.1. The quantitative estimate of drug-likeness (QED) is 0.0400. The highest BCUT2D eigenvalue weighted by atomic mass is 16.5. The van der Waals surface area contributed by atoms with E-state index in [1.54, 1.807) is 18.2 Å². The molecule has 4 aliphatic rings. The number of carbonyl (C=O) groups excluding carboxylic acids is 3. The molecular weight excluding hydrogens is 705 g/mol. The predicted molar refractivity (Wildman–Crippen MR) is 220 cm³/mol. The van der Waals surface area contributed by atoms with E-state index in [0.29, 0.717) is 67.3 Å². The van der Waals surface area contributed by atoms with Crippen molar-refractivity contribution in [1.29, 1.82) is 0 Å². The van der Waals surface area contributed by atoms with Gasteiger partial charge in [0, 0.05) is 24.6 Å². The third-order valence-electron chi connectivity index (χ3n) is 14.1. The molecule has 0 aromatic heterocycles. The smallest absolute Gasteiger partial charge is 0.338 e. The van der Waals surface area contributed by atoms with Crippen LogP contribution in [0.4, 0.5) is 0 Å². The summed E-state index contributed by atoms with van der Waals surface area (Å²) < 4.78 is 28.5. The summed E-state index contributed by atoms with van der Waals surface area (Å²) in [6.45, 7) is 20.6. The van der Waals surface area contributed by atoms with Gasteiger partial charge < -0.3 is 23.7 Å². The first kappa shape index (κ1) is 43.6. The lowest BCUT2D eigenvalue weighted by Crippen LogP contribution is -2.51. The first-order chi connectivity index (χ1) is 26.9. The molecule has 0 heterocycles. The lowest BCUT2D eigenvalue weighted by molar-refractivity contribution is -0.138. The van der Waals surface area contributed by atoms with Gasteiger partial charge in [0.25, 0.3) is 0 Å². The third kappa shape index (κ3) is 10.9. The minimum atomic E-state index is -0.444. The van der Waals surface area contributed by atoms with E-state index < -0.39 is 11.9 Å². The zero-order chi connectivity index (χ0) is 40.3. The maximum atomic E-state index is 13.8. The molecule has 56 heavy (non-hydrogen) atoms. The highest BCUT2D eigenvalue weighted by Crippen LogP contribution is 2.67. The summed E-state index contributed by atoms with van der Waals surface area (Å²) in [5.41, 5.74) is 2.54. The van der Waals surface area contributed by atoms with Crippen LogP contribution in [-0.2, 0) is 23.8 Å². The molecule has 0 radical (unpaired) electrons. The van der Waals surface area contributed by atoms with Crippen LogP contribution in [0.25, 0.3) is 0 Å². The van der Waals surface area contributed by atoms with Gasteiger partial charge in [-0.25, -0.2) is 14.4 Å². The van der Waals surface area contributed by atoms with Crippen LogP contribution in [0.5, 0.6) is 11.5 Å². The van der Waals surface area contributed by atoms with E-state index in [1.165, 1.54) is 56.9 Å². The SMILES string of the molecule is C=CC(=O)OCCCCOc1cc(OCCCCOC(=O)C=C)cc(C(=O)OC2CC[C@@]3(C)C(=CCC4C3CC[C@@]3(C)C4CC[C@@H]3[C@H](C)CCCC(C)C)C2)c1. The van der Waals surface area contributed by atoms with Crippen molar-refractivity contribution in [2.45, 2.75) is 137 Å². The van der Waals surface area contributed by atoms with E-state index in [9.17, 15) is 14.4 Å². The predicted octanol–water partition coefficient (Wildman–Crippen LogP) is 11.0. The number of hydrogen-bond donors (Lipinski definition) is 0. The van der Waals surface area contributed by atoms with Crippen molar-refractivity contribution in [2.75, 3.05) is 26.4 Å². The van der Waals surface area contributed by atoms with Gasteiger partial charge in [0.15, 0.2) is 0 Å². The van der Waals surface area contributed by atoms with Crippen LogP contribution < -0.4 is 9.47 Å². The maximum Gasteiger partial charge on any atom is 0.338 e. The molecule has 0 saturated heterocycles. The first-order valence-corrected chi connectivity index (χ1v) is 21.8. The largest absolute Gasteiger partial charge is 0.493 e. The van der Waals surface area contributed by atoms with Gasteiger partial charge in [-0.2, -0.15) is 0 Å². The van der Waals surface area contributed by atoms with E-state index in [2.05, 4.69) is 53.9 Å². The summed E-state index contributed by atoms with van der Waals surface area (Å²) in [7, 11) is 0. The second-order valence-corrected chi connectivity index (χ2v) is 18.1. The number of hydrogen-bond acceptors (Lipinski definition) is 8. The number of ether oxygens (including phenoxy) is 5. The first-order valence-electron chi connectivity index (χ1n) is 21.8. The zero-order valence-electron chi connectivity index (χ0n) is 35.1. The van der Waals surface area contributed by atoms with Crippen molar-refractivity contribution in [3.05, 3.63) is 60.7 Å². The van der Waals surface area contributed by atoms with Gasteiger partial charge in [-0.05, 0) is 129 Å². The van der Waals surface area contributed by atoms with Crippen LogP contribution in [0.2, 0.25) is 0 Å². The lowest BCUT2D eigenvalue weighted by Gasteiger charge is -2.58. The Kier molecular flexibility index (Phi) is 15.7. The molecule has 1 aromatic rings. The van der Waals surface area contributed by atoms with Gasteiger partial charge in [0.05, 0.1) is 32.0 Å². The van der Waals surface area contributed by atoms with Gasteiger partial charge in [-0.1, -0.05) is 78.7 Å². The van der Waals surface area contributed by atoms with Crippen LogP contribution in [0, 0.1) is 46.3 Å². The van der Waals surface area contributed by atoms with Crippen molar-refractivity contribution in [1.82, 2.24) is 0 Å². The van der Waals surface area contributed by atoms with Gasteiger partial charge in [-0.15, -0.1) is 0 Å². The average Bonchev–Trinajstić information content (AvgIpc) is 3.54. The van der Waals surface area contributed by atoms with Crippen LogP contribution in [0.15, 0.2) is 55.2 Å². The average molecular weight is 775 g/mol. The number of unbranched alkanes of at least 4 members (excludes halogenated alkanes) is 2. The van der Waals surface area contributed by atoms with E-state index >= 15 is 0 Å². The molecule has 5 rings (SSSR count). The molecule has 0 aliphatic heterocycles. The number of esters is 3. The Hall–Kier alpha value is -3.55. The third-order valence-corrected chi connectivity index (χ3v) is 14.1. The minimum Gasteiger partial charge on any atom is -0.493 e. The Labute approximate surface area is 337 Å². The van der Waals surface area contributed by atoms with Crippen molar-refractivity contribution in [3.63, 3.8) is 0 Å². The molecule has 4 unspecified atom stereocenters. The number of carbonyl (C=O) groups is 3. The molecule has 8 nitrogen and oxygen atoms in total. The molecule has 0 spiro atoms. The molecule has 3 saturated carbocycles. The fourth-order valence-corrected chi connectivity index (χ4v) is 11.1. The van der Waals surface area contributed by atoms with Crippen molar-refractivity contribution in [3.8, 4) is 11.5 Å². The van der Waals surface area contributed by atoms with Crippen LogP contribution in [0.1, 0.15) is 141 Å². The lowest BCUT2D eigenvalue weighted by atomic mass is 9.47. The second kappa shape index (κ2) is 20.2. The molecule has 0 amide bonds.